The minimum atomic E-state index is -0.0537. The van der Waals surface area contributed by atoms with Crippen LogP contribution in [0, 0.1) is 11.3 Å². The first-order valence-electron chi connectivity index (χ1n) is 5.34. The summed E-state index contributed by atoms with van der Waals surface area (Å²) < 4.78 is 0. The monoisotopic (exact) mass is 257 g/mol. The molecule has 0 bridgehead atoms. The van der Waals surface area contributed by atoms with Gasteiger partial charge in [-0.05, 0) is 29.8 Å². The molecule has 2 N–H and O–H groups in total. The number of hydrogen-bond acceptors (Lipinski definition) is 4. The Bertz CT molecular complexity index is 605. The maximum absolute atomic E-state index is 9.76. The lowest BCUT2D eigenvalue weighted by Crippen LogP contribution is -1.87. The molecule has 0 saturated carbocycles. The van der Waals surface area contributed by atoms with E-state index in [-0.39, 0.29) is 12.4 Å². The molecular formula is C14H11NO2S. The van der Waals surface area contributed by atoms with Crippen LogP contribution < -0.4 is 0 Å². The van der Waals surface area contributed by atoms with E-state index in [1.54, 1.807) is 12.1 Å². The average Bonchev–Trinajstić information content (AvgIpc) is 2.42. The number of phenols is 1. The van der Waals surface area contributed by atoms with E-state index in [1.807, 2.05) is 30.3 Å². The van der Waals surface area contributed by atoms with Crippen LogP contribution in [0.4, 0.5) is 0 Å². The van der Waals surface area contributed by atoms with Crippen LogP contribution >= 0.6 is 11.8 Å². The fourth-order valence-electron chi connectivity index (χ4n) is 1.52. The van der Waals surface area contributed by atoms with Crippen LogP contribution in [0.2, 0.25) is 0 Å². The highest BCUT2D eigenvalue weighted by Gasteiger charge is 2.07. The van der Waals surface area contributed by atoms with E-state index in [4.69, 9.17) is 5.26 Å². The van der Waals surface area contributed by atoms with Crippen molar-refractivity contribution in [3.63, 3.8) is 0 Å². The average molecular weight is 257 g/mol. The van der Waals surface area contributed by atoms with Gasteiger partial charge in [0.15, 0.2) is 0 Å². The SMILES string of the molecule is N#Cc1ccc(O)c(Sc2ccccc2CO)c1. The van der Waals surface area contributed by atoms with Gasteiger partial charge in [-0.15, -0.1) is 0 Å². The highest BCUT2D eigenvalue weighted by molar-refractivity contribution is 7.99. The first kappa shape index (κ1) is 12.5. The van der Waals surface area contributed by atoms with Crippen LogP contribution in [0.3, 0.4) is 0 Å². The van der Waals surface area contributed by atoms with E-state index in [2.05, 4.69) is 0 Å². The van der Waals surface area contributed by atoms with Crippen LogP contribution in [0.25, 0.3) is 0 Å². The Morgan fingerprint density at radius 3 is 2.61 bits per heavy atom. The quantitative estimate of drug-likeness (QED) is 0.887. The molecule has 0 aliphatic heterocycles. The largest absolute Gasteiger partial charge is 0.507 e. The van der Waals surface area contributed by atoms with Gasteiger partial charge in [-0.1, -0.05) is 30.0 Å². The second-order valence-electron chi connectivity index (χ2n) is 3.66. The molecule has 0 spiro atoms. The van der Waals surface area contributed by atoms with Gasteiger partial charge < -0.3 is 10.2 Å². The Hall–Kier alpha value is -1.96. The van der Waals surface area contributed by atoms with Crippen LogP contribution in [0.15, 0.2) is 52.3 Å². The fraction of sp³-hybridized carbons (Fsp3) is 0.0714. The van der Waals surface area contributed by atoms with Gasteiger partial charge in [-0.3, -0.25) is 0 Å². The molecule has 0 amide bonds. The molecule has 2 rings (SSSR count). The van der Waals surface area contributed by atoms with Crippen molar-refractivity contribution in [1.82, 2.24) is 0 Å². The Labute approximate surface area is 109 Å². The molecule has 0 heterocycles. The first-order chi connectivity index (χ1) is 8.74. The highest BCUT2D eigenvalue weighted by Crippen LogP contribution is 2.36. The van der Waals surface area contributed by atoms with Crippen molar-refractivity contribution >= 4 is 11.8 Å². The van der Waals surface area contributed by atoms with Crippen molar-refractivity contribution in [1.29, 1.82) is 5.26 Å². The summed E-state index contributed by atoms with van der Waals surface area (Å²) in [4.78, 5) is 1.47. The summed E-state index contributed by atoms with van der Waals surface area (Å²) in [5.74, 6) is 0.131. The topological polar surface area (TPSA) is 64.2 Å². The van der Waals surface area contributed by atoms with Crippen LogP contribution in [-0.4, -0.2) is 10.2 Å². The van der Waals surface area contributed by atoms with Crippen LogP contribution in [0.1, 0.15) is 11.1 Å². The van der Waals surface area contributed by atoms with Gasteiger partial charge in [0.1, 0.15) is 5.75 Å². The second-order valence-corrected chi connectivity index (χ2v) is 4.75. The lowest BCUT2D eigenvalue weighted by atomic mass is 10.2. The number of benzene rings is 2. The van der Waals surface area contributed by atoms with Crippen molar-refractivity contribution in [2.24, 2.45) is 0 Å². The third kappa shape index (κ3) is 2.65. The zero-order valence-corrected chi connectivity index (χ0v) is 10.3. The molecule has 2 aromatic carbocycles. The normalized spacial score (nSPS) is 10.0. The van der Waals surface area contributed by atoms with E-state index in [0.717, 1.165) is 10.5 Å². The van der Waals surface area contributed by atoms with Gasteiger partial charge >= 0.3 is 0 Å². The van der Waals surface area contributed by atoms with Crippen molar-refractivity contribution < 1.29 is 10.2 Å². The zero-order chi connectivity index (χ0) is 13.0. The Morgan fingerprint density at radius 2 is 1.89 bits per heavy atom. The van der Waals surface area contributed by atoms with Crippen LogP contribution in [0.5, 0.6) is 5.75 Å². The zero-order valence-electron chi connectivity index (χ0n) is 9.50. The molecule has 18 heavy (non-hydrogen) atoms. The predicted octanol–water partition coefficient (Wildman–Crippen LogP) is 2.91. The van der Waals surface area contributed by atoms with Gasteiger partial charge in [0, 0.05) is 4.90 Å². The van der Waals surface area contributed by atoms with Gasteiger partial charge in [-0.25, -0.2) is 0 Å². The molecule has 0 fully saturated rings. The molecule has 0 unspecified atom stereocenters. The molecule has 0 radical (unpaired) electrons. The molecule has 0 saturated heterocycles. The van der Waals surface area contributed by atoms with Crippen molar-refractivity contribution in [2.45, 2.75) is 16.4 Å². The van der Waals surface area contributed by atoms with E-state index >= 15 is 0 Å². The number of hydrogen-bond donors (Lipinski definition) is 2. The smallest absolute Gasteiger partial charge is 0.129 e. The molecule has 4 heteroatoms. The van der Waals surface area contributed by atoms with Gasteiger partial charge in [0.05, 0.1) is 23.1 Å². The van der Waals surface area contributed by atoms with Crippen molar-refractivity contribution in [3.05, 3.63) is 53.6 Å². The first-order valence-corrected chi connectivity index (χ1v) is 6.16. The number of aliphatic hydroxyl groups is 1. The highest BCUT2D eigenvalue weighted by atomic mass is 32.2. The summed E-state index contributed by atoms with van der Waals surface area (Å²) in [5.41, 5.74) is 1.29. The number of nitrogens with zero attached hydrogens (tertiary/aromatic N) is 1. The molecular weight excluding hydrogens is 246 g/mol. The van der Waals surface area contributed by atoms with E-state index in [1.165, 1.54) is 17.8 Å². The van der Waals surface area contributed by atoms with Crippen molar-refractivity contribution in [3.8, 4) is 11.8 Å². The second kappa shape index (κ2) is 5.58. The molecule has 0 aliphatic rings. The summed E-state index contributed by atoms with van der Waals surface area (Å²) in [7, 11) is 0. The maximum Gasteiger partial charge on any atom is 0.129 e. The predicted molar refractivity (Wildman–Crippen MR) is 69.3 cm³/mol. The number of aliphatic hydroxyl groups excluding tert-OH is 1. The minimum absolute atomic E-state index is 0.0537. The summed E-state index contributed by atoms with van der Waals surface area (Å²) >= 11 is 1.33. The van der Waals surface area contributed by atoms with Gasteiger partial charge in [0.2, 0.25) is 0 Å². The number of aromatic hydroxyl groups is 1. The fourth-order valence-corrected chi connectivity index (χ4v) is 2.52. The molecule has 3 nitrogen and oxygen atoms in total. The van der Waals surface area contributed by atoms with Gasteiger partial charge in [0.25, 0.3) is 0 Å². The van der Waals surface area contributed by atoms with E-state index < -0.39 is 0 Å². The number of phenolic OH excluding ortho intramolecular Hbond substituents is 1. The third-order valence-corrected chi connectivity index (χ3v) is 3.62. The summed E-state index contributed by atoms with van der Waals surface area (Å²) in [6.45, 7) is -0.0537. The lowest BCUT2D eigenvalue weighted by molar-refractivity contribution is 0.279. The molecule has 90 valence electrons. The standard InChI is InChI=1S/C14H11NO2S/c15-8-10-5-6-12(17)14(7-10)18-13-4-2-1-3-11(13)9-16/h1-7,16-17H,9H2. The Kier molecular flexibility index (Phi) is 3.88. The summed E-state index contributed by atoms with van der Waals surface area (Å²) in [6, 6.07) is 14.2. The Balaban J connectivity index is 2.37. The van der Waals surface area contributed by atoms with E-state index in [0.29, 0.717) is 10.5 Å². The van der Waals surface area contributed by atoms with E-state index in [9.17, 15) is 10.2 Å². The number of nitriles is 1. The molecule has 0 aromatic heterocycles. The minimum Gasteiger partial charge on any atom is -0.507 e. The number of rotatable bonds is 3. The lowest BCUT2D eigenvalue weighted by Gasteiger charge is -2.08. The molecule has 0 atom stereocenters. The molecule has 0 aliphatic carbocycles. The van der Waals surface area contributed by atoms with Crippen LogP contribution in [-0.2, 0) is 6.61 Å². The van der Waals surface area contributed by atoms with Crippen molar-refractivity contribution in [2.75, 3.05) is 0 Å². The summed E-state index contributed by atoms with van der Waals surface area (Å²) in [5, 5.41) is 27.8. The Morgan fingerprint density at radius 1 is 1.11 bits per heavy atom. The third-order valence-electron chi connectivity index (χ3n) is 2.45. The maximum atomic E-state index is 9.76. The summed E-state index contributed by atoms with van der Waals surface area (Å²) in [6.07, 6.45) is 0. The molecule has 2 aromatic rings. The van der Waals surface area contributed by atoms with Gasteiger partial charge in [-0.2, -0.15) is 5.26 Å².